The van der Waals surface area contributed by atoms with Gasteiger partial charge in [0.2, 0.25) is 0 Å². The molecule has 0 saturated heterocycles. The summed E-state index contributed by atoms with van der Waals surface area (Å²) in [6.07, 6.45) is 0.889. The molecule has 0 aliphatic carbocycles. The number of hydrogen-bond acceptors (Lipinski definition) is 3. The van der Waals surface area contributed by atoms with Crippen LogP contribution in [0.2, 0.25) is 0 Å². The van der Waals surface area contributed by atoms with E-state index in [1.165, 1.54) is 12.1 Å². The van der Waals surface area contributed by atoms with Crippen LogP contribution in [0.3, 0.4) is 0 Å². The number of aryl methyl sites for hydroxylation is 1. The van der Waals surface area contributed by atoms with Gasteiger partial charge < -0.3 is 14.8 Å². The van der Waals surface area contributed by atoms with Crippen LogP contribution >= 0.6 is 0 Å². The maximum atomic E-state index is 13.0. The van der Waals surface area contributed by atoms with E-state index in [2.05, 4.69) is 5.32 Å². The Hall–Kier alpha value is -1.13. The summed E-state index contributed by atoms with van der Waals surface area (Å²) in [6.45, 7) is 4.66. The molecule has 0 aliphatic rings. The number of benzene rings is 1. The van der Waals surface area contributed by atoms with Crippen LogP contribution in [-0.2, 0) is 9.47 Å². The van der Waals surface area contributed by atoms with Crippen molar-refractivity contribution in [2.45, 2.75) is 13.3 Å². The molecule has 1 aromatic carbocycles. The van der Waals surface area contributed by atoms with Crippen LogP contribution in [0.4, 0.5) is 10.1 Å². The van der Waals surface area contributed by atoms with E-state index in [1.807, 2.05) is 6.92 Å². The van der Waals surface area contributed by atoms with Crippen molar-refractivity contribution in [3.05, 3.63) is 29.6 Å². The number of hydrogen-bond donors (Lipinski definition) is 1. The van der Waals surface area contributed by atoms with E-state index < -0.39 is 0 Å². The zero-order chi connectivity index (χ0) is 12.5. The minimum Gasteiger partial charge on any atom is -0.385 e. The zero-order valence-electron chi connectivity index (χ0n) is 10.5. The number of halogens is 1. The van der Waals surface area contributed by atoms with Gasteiger partial charge in [-0.3, -0.25) is 0 Å². The molecule has 17 heavy (non-hydrogen) atoms. The van der Waals surface area contributed by atoms with Crippen LogP contribution in [0.1, 0.15) is 12.0 Å². The molecule has 1 aromatic rings. The molecule has 0 aliphatic heterocycles. The molecular weight excluding hydrogens is 221 g/mol. The van der Waals surface area contributed by atoms with E-state index in [1.54, 1.807) is 13.2 Å². The second-order valence-corrected chi connectivity index (χ2v) is 3.84. The Labute approximate surface area is 102 Å². The smallest absolute Gasteiger partial charge is 0.125 e. The van der Waals surface area contributed by atoms with Crippen molar-refractivity contribution < 1.29 is 13.9 Å². The summed E-state index contributed by atoms with van der Waals surface area (Å²) in [7, 11) is 1.65. The van der Waals surface area contributed by atoms with Crippen molar-refractivity contribution in [3.63, 3.8) is 0 Å². The quantitative estimate of drug-likeness (QED) is 0.710. The predicted octanol–water partition coefficient (Wildman–Crippen LogP) is 2.60. The average molecular weight is 241 g/mol. The Bertz CT molecular complexity index is 331. The van der Waals surface area contributed by atoms with Gasteiger partial charge in [0.15, 0.2) is 0 Å². The van der Waals surface area contributed by atoms with Gasteiger partial charge in [0.1, 0.15) is 5.82 Å². The Morgan fingerprint density at radius 3 is 2.82 bits per heavy atom. The van der Waals surface area contributed by atoms with Crippen molar-refractivity contribution in [3.8, 4) is 0 Å². The molecule has 0 aromatic heterocycles. The van der Waals surface area contributed by atoms with Gasteiger partial charge >= 0.3 is 0 Å². The van der Waals surface area contributed by atoms with Gasteiger partial charge in [-0.15, -0.1) is 0 Å². The number of rotatable bonds is 8. The van der Waals surface area contributed by atoms with Crippen LogP contribution in [0.5, 0.6) is 0 Å². The molecule has 0 saturated carbocycles. The number of methoxy groups -OCH3 is 1. The molecule has 0 bridgehead atoms. The maximum Gasteiger partial charge on any atom is 0.125 e. The molecule has 1 N–H and O–H groups in total. The van der Waals surface area contributed by atoms with Crippen molar-refractivity contribution in [1.29, 1.82) is 0 Å². The van der Waals surface area contributed by atoms with E-state index in [9.17, 15) is 4.39 Å². The third kappa shape index (κ3) is 5.65. The first kappa shape index (κ1) is 13.9. The first-order chi connectivity index (χ1) is 8.24. The van der Waals surface area contributed by atoms with Crippen LogP contribution in [0.15, 0.2) is 18.2 Å². The summed E-state index contributed by atoms with van der Waals surface area (Å²) in [5, 5.41) is 3.19. The molecule has 0 unspecified atom stereocenters. The van der Waals surface area contributed by atoms with Crippen LogP contribution in [0.25, 0.3) is 0 Å². The summed E-state index contributed by atoms with van der Waals surface area (Å²) in [5.74, 6) is -0.213. The highest BCUT2D eigenvalue weighted by atomic mass is 19.1. The first-order valence-electron chi connectivity index (χ1n) is 5.80. The van der Waals surface area contributed by atoms with Crippen molar-refractivity contribution in [1.82, 2.24) is 0 Å². The Morgan fingerprint density at radius 2 is 2.06 bits per heavy atom. The fourth-order valence-corrected chi connectivity index (χ4v) is 1.43. The van der Waals surface area contributed by atoms with Gasteiger partial charge in [-0.25, -0.2) is 4.39 Å². The second-order valence-electron chi connectivity index (χ2n) is 3.84. The molecule has 3 nitrogen and oxygen atoms in total. The fourth-order valence-electron chi connectivity index (χ4n) is 1.43. The third-order valence-corrected chi connectivity index (χ3v) is 2.41. The van der Waals surface area contributed by atoms with E-state index >= 15 is 0 Å². The molecular formula is C13H20FNO2. The Morgan fingerprint density at radius 1 is 1.24 bits per heavy atom. The van der Waals surface area contributed by atoms with Gasteiger partial charge in [-0.2, -0.15) is 0 Å². The summed E-state index contributed by atoms with van der Waals surface area (Å²) in [6, 6.07) is 4.75. The van der Waals surface area contributed by atoms with E-state index in [0.29, 0.717) is 19.8 Å². The van der Waals surface area contributed by atoms with E-state index in [-0.39, 0.29) is 5.82 Å². The highest BCUT2D eigenvalue weighted by molar-refractivity contribution is 5.50. The number of anilines is 1. The SMILES string of the molecule is COCCOCCCNc1cc(F)ccc1C. The molecule has 0 amide bonds. The summed E-state index contributed by atoms with van der Waals surface area (Å²) in [4.78, 5) is 0. The highest BCUT2D eigenvalue weighted by Gasteiger charge is 1.99. The highest BCUT2D eigenvalue weighted by Crippen LogP contribution is 2.15. The van der Waals surface area contributed by atoms with Crippen molar-refractivity contribution in [2.75, 3.05) is 38.8 Å². The predicted molar refractivity (Wildman–Crippen MR) is 66.9 cm³/mol. The molecule has 0 radical (unpaired) electrons. The van der Waals surface area contributed by atoms with Crippen LogP contribution in [-0.4, -0.2) is 33.5 Å². The average Bonchev–Trinajstić information content (AvgIpc) is 2.32. The molecule has 0 spiro atoms. The van der Waals surface area contributed by atoms with E-state index in [0.717, 1.165) is 24.2 Å². The molecule has 1 rings (SSSR count). The van der Waals surface area contributed by atoms with Gasteiger partial charge in [0.25, 0.3) is 0 Å². The summed E-state index contributed by atoms with van der Waals surface area (Å²) < 4.78 is 23.2. The molecule has 4 heteroatoms. The van der Waals surface area contributed by atoms with Crippen LogP contribution < -0.4 is 5.32 Å². The van der Waals surface area contributed by atoms with E-state index in [4.69, 9.17) is 9.47 Å². The zero-order valence-corrected chi connectivity index (χ0v) is 10.5. The third-order valence-electron chi connectivity index (χ3n) is 2.41. The largest absolute Gasteiger partial charge is 0.385 e. The normalized spacial score (nSPS) is 10.5. The summed E-state index contributed by atoms with van der Waals surface area (Å²) >= 11 is 0. The van der Waals surface area contributed by atoms with Gasteiger partial charge in [0, 0.05) is 25.9 Å². The summed E-state index contributed by atoms with van der Waals surface area (Å²) in [5.41, 5.74) is 1.90. The van der Waals surface area contributed by atoms with Gasteiger partial charge in [-0.05, 0) is 31.0 Å². The lowest BCUT2D eigenvalue weighted by Gasteiger charge is -2.09. The minimum atomic E-state index is -0.213. The maximum absolute atomic E-state index is 13.0. The second kappa shape index (κ2) is 8.03. The molecule has 96 valence electrons. The van der Waals surface area contributed by atoms with Gasteiger partial charge in [0.05, 0.1) is 13.2 Å². The molecule has 0 atom stereocenters. The van der Waals surface area contributed by atoms with Crippen molar-refractivity contribution >= 4 is 5.69 Å². The van der Waals surface area contributed by atoms with Gasteiger partial charge in [-0.1, -0.05) is 6.07 Å². The van der Waals surface area contributed by atoms with Crippen molar-refractivity contribution in [2.24, 2.45) is 0 Å². The lowest BCUT2D eigenvalue weighted by Crippen LogP contribution is -2.09. The topological polar surface area (TPSA) is 30.5 Å². The Balaban J connectivity index is 2.15. The minimum absolute atomic E-state index is 0.213. The first-order valence-corrected chi connectivity index (χ1v) is 5.80. The monoisotopic (exact) mass is 241 g/mol. The standard InChI is InChI=1S/C13H20FNO2/c1-11-4-5-12(14)10-13(11)15-6-3-7-17-9-8-16-2/h4-5,10,15H,3,6-9H2,1-2H3. The Kier molecular flexibility index (Phi) is 6.58. The number of nitrogens with one attached hydrogen (secondary N) is 1. The molecule has 0 fully saturated rings. The fraction of sp³-hybridized carbons (Fsp3) is 0.538. The lowest BCUT2D eigenvalue weighted by atomic mass is 10.2. The lowest BCUT2D eigenvalue weighted by molar-refractivity contribution is 0.0705. The number of ether oxygens (including phenoxy) is 2. The van der Waals surface area contributed by atoms with Crippen LogP contribution in [0, 0.1) is 12.7 Å². The molecule has 0 heterocycles.